The van der Waals surface area contributed by atoms with Gasteiger partial charge in [0, 0.05) is 12.1 Å². The van der Waals surface area contributed by atoms with Crippen LogP contribution in [0, 0.1) is 6.92 Å². The van der Waals surface area contributed by atoms with E-state index in [-0.39, 0.29) is 11.7 Å². The molecule has 0 aliphatic heterocycles. The number of aromatic amines is 1. The molecular weight excluding hydrogens is 294 g/mol. The Kier molecular flexibility index (Phi) is 4.54. The lowest BCUT2D eigenvalue weighted by molar-refractivity contribution is -0.115. The van der Waals surface area contributed by atoms with Crippen LogP contribution in [0.1, 0.15) is 29.8 Å². The number of hydrogen-bond acceptors (Lipinski definition) is 4. The van der Waals surface area contributed by atoms with Crippen molar-refractivity contribution in [2.75, 3.05) is 10.6 Å². The first-order valence-corrected chi connectivity index (χ1v) is 6.67. The van der Waals surface area contributed by atoms with Gasteiger partial charge in [-0.2, -0.15) is 0 Å². The Hall–Kier alpha value is -2.41. The third kappa shape index (κ3) is 3.79. The molecule has 2 amide bonds. The number of halogens is 1. The van der Waals surface area contributed by atoms with Gasteiger partial charge in [-0.15, -0.1) is 5.10 Å². The topological polar surface area (TPSA) is 99.8 Å². The molecule has 21 heavy (non-hydrogen) atoms. The van der Waals surface area contributed by atoms with Crippen LogP contribution in [-0.4, -0.2) is 27.0 Å². The molecule has 0 spiro atoms. The maximum atomic E-state index is 12.0. The van der Waals surface area contributed by atoms with Gasteiger partial charge in [0.05, 0.1) is 10.7 Å². The quantitative estimate of drug-likeness (QED) is 0.807. The number of amides is 2. The van der Waals surface area contributed by atoms with Crippen molar-refractivity contribution < 1.29 is 9.59 Å². The fourth-order valence-corrected chi connectivity index (χ4v) is 1.74. The van der Waals surface area contributed by atoms with Crippen molar-refractivity contribution in [2.45, 2.75) is 20.3 Å². The van der Waals surface area contributed by atoms with Crippen LogP contribution in [0.5, 0.6) is 0 Å². The minimum atomic E-state index is -0.486. The molecule has 1 heterocycles. The molecule has 0 saturated carbocycles. The number of nitrogens with one attached hydrogen (secondary N) is 3. The van der Waals surface area contributed by atoms with Crippen LogP contribution in [0.25, 0.3) is 0 Å². The van der Waals surface area contributed by atoms with Crippen LogP contribution in [0.4, 0.5) is 11.4 Å². The lowest BCUT2D eigenvalue weighted by Gasteiger charge is -2.09. The number of H-pyrrole nitrogens is 1. The van der Waals surface area contributed by atoms with E-state index in [1.807, 2.05) is 0 Å². The van der Waals surface area contributed by atoms with E-state index < -0.39 is 5.91 Å². The molecule has 0 radical (unpaired) electrons. The Morgan fingerprint density at radius 2 is 2.10 bits per heavy atom. The van der Waals surface area contributed by atoms with Gasteiger partial charge in [0.15, 0.2) is 0 Å². The van der Waals surface area contributed by atoms with Crippen LogP contribution in [0.15, 0.2) is 18.2 Å². The van der Waals surface area contributed by atoms with E-state index in [0.717, 1.165) is 0 Å². The molecule has 0 fully saturated rings. The van der Waals surface area contributed by atoms with Crippen LogP contribution >= 0.6 is 11.6 Å². The summed E-state index contributed by atoms with van der Waals surface area (Å²) in [4.78, 5) is 27.3. The molecule has 2 aromatic rings. The smallest absolute Gasteiger partial charge is 0.295 e. The predicted octanol–water partition coefficient (Wildman–Crippen LogP) is 2.37. The standard InChI is InChI=1S/C13H14ClN5O2/c1-3-11(20)16-8-4-5-9(14)10(6-8)17-13(21)12-15-7(2)18-19-12/h4-6H,3H2,1-2H3,(H,16,20)(H,17,21)(H,15,18,19). The van der Waals surface area contributed by atoms with Crippen molar-refractivity contribution in [3.05, 3.63) is 34.9 Å². The molecule has 8 heteroatoms. The van der Waals surface area contributed by atoms with Gasteiger partial charge in [-0.25, -0.2) is 4.98 Å². The molecule has 0 aliphatic carbocycles. The third-order valence-corrected chi connectivity index (χ3v) is 2.95. The maximum Gasteiger partial charge on any atom is 0.295 e. The highest BCUT2D eigenvalue weighted by molar-refractivity contribution is 6.34. The summed E-state index contributed by atoms with van der Waals surface area (Å²) >= 11 is 6.03. The summed E-state index contributed by atoms with van der Waals surface area (Å²) in [6, 6.07) is 4.82. The van der Waals surface area contributed by atoms with Crippen LogP contribution < -0.4 is 10.6 Å². The minimum absolute atomic E-state index is 0.0200. The van der Waals surface area contributed by atoms with Gasteiger partial charge >= 0.3 is 0 Å². The van der Waals surface area contributed by atoms with Crippen molar-refractivity contribution >= 4 is 34.8 Å². The average molecular weight is 308 g/mol. The Balaban J connectivity index is 2.17. The lowest BCUT2D eigenvalue weighted by atomic mass is 10.2. The maximum absolute atomic E-state index is 12.0. The first kappa shape index (κ1) is 15.0. The second-order valence-electron chi connectivity index (χ2n) is 4.29. The van der Waals surface area contributed by atoms with Crippen molar-refractivity contribution in [1.29, 1.82) is 0 Å². The van der Waals surface area contributed by atoms with Crippen LogP contribution in [-0.2, 0) is 4.79 Å². The number of hydrogen-bond donors (Lipinski definition) is 3. The fraction of sp³-hybridized carbons (Fsp3) is 0.231. The second-order valence-corrected chi connectivity index (χ2v) is 4.70. The molecule has 0 bridgehead atoms. The summed E-state index contributed by atoms with van der Waals surface area (Å²) in [5.41, 5.74) is 0.922. The molecule has 0 aliphatic rings. The molecular formula is C13H14ClN5O2. The van der Waals surface area contributed by atoms with Crippen LogP contribution in [0.2, 0.25) is 5.02 Å². The zero-order valence-electron chi connectivity index (χ0n) is 11.5. The SMILES string of the molecule is CCC(=O)Nc1ccc(Cl)c(NC(=O)c2n[nH]c(C)n2)c1. The lowest BCUT2D eigenvalue weighted by Crippen LogP contribution is -2.15. The molecule has 1 aromatic carbocycles. The normalized spacial score (nSPS) is 10.2. The highest BCUT2D eigenvalue weighted by Gasteiger charge is 2.13. The molecule has 110 valence electrons. The summed E-state index contributed by atoms with van der Waals surface area (Å²) in [7, 11) is 0. The highest BCUT2D eigenvalue weighted by Crippen LogP contribution is 2.26. The number of benzene rings is 1. The summed E-state index contributed by atoms with van der Waals surface area (Å²) in [6.45, 7) is 3.44. The number of anilines is 2. The Morgan fingerprint density at radius 1 is 1.33 bits per heavy atom. The van der Waals surface area contributed by atoms with E-state index in [9.17, 15) is 9.59 Å². The third-order valence-electron chi connectivity index (χ3n) is 2.62. The number of aromatic nitrogens is 3. The largest absolute Gasteiger partial charge is 0.326 e. The van der Waals surface area contributed by atoms with Gasteiger partial charge < -0.3 is 10.6 Å². The average Bonchev–Trinajstić information content (AvgIpc) is 2.89. The van der Waals surface area contributed by atoms with E-state index in [1.165, 1.54) is 0 Å². The van der Waals surface area contributed by atoms with Gasteiger partial charge in [0.25, 0.3) is 5.91 Å². The van der Waals surface area contributed by atoms with E-state index >= 15 is 0 Å². The van der Waals surface area contributed by atoms with Crippen molar-refractivity contribution in [3.8, 4) is 0 Å². The number of nitrogens with zero attached hydrogens (tertiary/aromatic N) is 2. The Bertz CT molecular complexity index is 683. The molecule has 3 N–H and O–H groups in total. The number of rotatable bonds is 4. The van der Waals surface area contributed by atoms with Crippen molar-refractivity contribution in [1.82, 2.24) is 15.2 Å². The van der Waals surface area contributed by atoms with Gasteiger partial charge in [-0.1, -0.05) is 18.5 Å². The molecule has 0 atom stereocenters. The fourth-order valence-electron chi connectivity index (χ4n) is 1.57. The van der Waals surface area contributed by atoms with E-state index in [4.69, 9.17) is 11.6 Å². The zero-order chi connectivity index (χ0) is 15.4. The minimum Gasteiger partial charge on any atom is -0.326 e. The van der Waals surface area contributed by atoms with E-state index in [2.05, 4.69) is 25.8 Å². The summed E-state index contributed by atoms with van der Waals surface area (Å²) < 4.78 is 0. The van der Waals surface area contributed by atoms with E-state index in [1.54, 1.807) is 32.0 Å². The Morgan fingerprint density at radius 3 is 2.71 bits per heavy atom. The molecule has 2 rings (SSSR count). The first-order valence-electron chi connectivity index (χ1n) is 6.29. The number of carbonyl (C=O) groups is 2. The van der Waals surface area contributed by atoms with Crippen LogP contribution in [0.3, 0.4) is 0 Å². The van der Waals surface area contributed by atoms with Crippen molar-refractivity contribution in [3.63, 3.8) is 0 Å². The molecule has 1 aromatic heterocycles. The molecule has 0 unspecified atom stereocenters. The number of aryl methyl sites for hydroxylation is 1. The van der Waals surface area contributed by atoms with Gasteiger partial charge in [0.1, 0.15) is 5.82 Å². The van der Waals surface area contributed by atoms with Gasteiger partial charge in [-0.05, 0) is 25.1 Å². The van der Waals surface area contributed by atoms with Gasteiger partial charge in [0.2, 0.25) is 11.7 Å². The summed E-state index contributed by atoms with van der Waals surface area (Å²) in [5.74, 6) is -0.0545. The summed E-state index contributed by atoms with van der Waals surface area (Å²) in [5, 5.41) is 12.0. The zero-order valence-corrected chi connectivity index (χ0v) is 12.3. The van der Waals surface area contributed by atoms with Gasteiger partial charge in [-0.3, -0.25) is 14.7 Å². The van der Waals surface area contributed by atoms with E-state index in [0.29, 0.717) is 28.6 Å². The molecule has 0 saturated heterocycles. The first-order chi connectivity index (χ1) is 9.99. The second kappa shape index (κ2) is 6.36. The summed E-state index contributed by atoms with van der Waals surface area (Å²) in [6.07, 6.45) is 0.362. The predicted molar refractivity (Wildman–Crippen MR) is 79.4 cm³/mol. The van der Waals surface area contributed by atoms with Crippen molar-refractivity contribution in [2.24, 2.45) is 0 Å². The monoisotopic (exact) mass is 307 g/mol. The Labute approximate surface area is 126 Å². The number of carbonyl (C=O) groups excluding carboxylic acids is 2. The highest BCUT2D eigenvalue weighted by atomic mass is 35.5. The molecule has 7 nitrogen and oxygen atoms in total.